The molecule has 0 spiro atoms. The number of carbonyl (C=O) groups is 1. The van der Waals surface area contributed by atoms with Crippen LogP contribution in [-0.2, 0) is 4.79 Å². The Labute approximate surface area is 151 Å². The molecular weight excluding hydrogens is 324 g/mol. The molecule has 3 heterocycles. The van der Waals surface area contributed by atoms with E-state index in [0.29, 0.717) is 0 Å². The summed E-state index contributed by atoms with van der Waals surface area (Å²) in [6.45, 7) is 3.47. The average molecular weight is 342 g/mol. The Morgan fingerprint density at radius 3 is 2.54 bits per heavy atom. The normalized spacial score (nSPS) is 10.8. The summed E-state index contributed by atoms with van der Waals surface area (Å²) in [5.74, 6) is -0.0848. The summed E-state index contributed by atoms with van der Waals surface area (Å²) in [6, 6.07) is 19.7. The van der Waals surface area contributed by atoms with Crippen LogP contribution >= 0.6 is 0 Å². The Hall–Kier alpha value is -3.47. The van der Waals surface area contributed by atoms with Gasteiger partial charge in [0.1, 0.15) is 5.69 Å². The van der Waals surface area contributed by atoms with Crippen molar-refractivity contribution in [3.63, 3.8) is 0 Å². The third kappa shape index (κ3) is 2.95. The van der Waals surface area contributed by atoms with Gasteiger partial charge in [-0.05, 0) is 48.9 Å². The van der Waals surface area contributed by atoms with Crippen molar-refractivity contribution in [1.29, 1.82) is 0 Å². The zero-order valence-electron chi connectivity index (χ0n) is 14.6. The first-order valence-corrected chi connectivity index (χ1v) is 8.41. The number of carbonyl (C=O) groups excluding carboxylic acids is 1. The van der Waals surface area contributed by atoms with Gasteiger partial charge in [-0.1, -0.05) is 24.3 Å². The molecule has 26 heavy (non-hydrogen) atoms. The number of hydrogen-bond donors (Lipinski definition) is 1. The number of nitrogens with one attached hydrogen (secondary N) is 1. The monoisotopic (exact) mass is 342 g/mol. The number of fused-ring (bicyclic) bond motifs is 1. The first-order valence-electron chi connectivity index (χ1n) is 8.41. The first-order chi connectivity index (χ1) is 12.6. The number of aromatic nitrogens is 3. The number of anilines is 1. The van der Waals surface area contributed by atoms with Gasteiger partial charge in [0.25, 0.3) is 0 Å². The van der Waals surface area contributed by atoms with Crippen LogP contribution in [0.5, 0.6) is 0 Å². The predicted octanol–water partition coefficient (Wildman–Crippen LogP) is 4.33. The number of nitrogens with zero attached hydrogens (tertiary/aromatic N) is 3. The van der Waals surface area contributed by atoms with Crippen LogP contribution in [-0.4, -0.2) is 20.5 Å². The Bertz CT molecular complexity index is 1100. The molecule has 1 aromatic carbocycles. The summed E-state index contributed by atoms with van der Waals surface area (Å²) >= 11 is 0. The van der Waals surface area contributed by atoms with Crippen molar-refractivity contribution in [1.82, 2.24) is 14.6 Å². The molecule has 4 rings (SSSR count). The minimum atomic E-state index is -0.0848. The molecule has 0 aliphatic rings. The number of hydrogen-bond acceptors (Lipinski definition) is 3. The van der Waals surface area contributed by atoms with Gasteiger partial charge in [0.15, 0.2) is 0 Å². The SMILES string of the molecule is CC(=O)Nc1ccc(-c2c(-c3cccc(C)n3)nn3ccccc23)cc1. The Kier molecular flexibility index (Phi) is 3.97. The molecule has 0 saturated carbocycles. The summed E-state index contributed by atoms with van der Waals surface area (Å²) in [6.07, 6.45) is 1.93. The van der Waals surface area contributed by atoms with Gasteiger partial charge in [-0.2, -0.15) is 5.10 Å². The highest BCUT2D eigenvalue weighted by molar-refractivity contribution is 5.93. The standard InChI is InChI=1S/C21H18N4O/c1-14-6-5-7-18(22-14)21-20(19-8-3-4-13-25(19)24-21)16-9-11-17(12-10-16)23-15(2)26/h3-13H,1-2H3,(H,23,26). The van der Waals surface area contributed by atoms with Gasteiger partial charge in [0.2, 0.25) is 5.91 Å². The predicted molar refractivity (Wildman–Crippen MR) is 103 cm³/mol. The molecular formula is C21H18N4O. The number of benzene rings is 1. The third-order valence-corrected chi connectivity index (χ3v) is 4.16. The molecule has 3 aromatic heterocycles. The fourth-order valence-corrected chi connectivity index (χ4v) is 3.06. The maximum atomic E-state index is 11.2. The molecule has 0 saturated heterocycles. The van der Waals surface area contributed by atoms with Crippen LogP contribution in [0.4, 0.5) is 5.69 Å². The van der Waals surface area contributed by atoms with Crippen molar-refractivity contribution in [3.8, 4) is 22.5 Å². The van der Waals surface area contributed by atoms with E-state index in [4.69, 9.17) is 5.10 Å². The number of amides is 1. The fraction of sp³-hybridized carbons (Fsp3) is 0.0952. The van der Waals surface area contributed by atoms with Crippen LogP contribution < -0.4 is 5.32 Å². The van der Waals surface area contributed by atoms with Crippen LogP contribution in [0.3, 0.4) is 0 Å². The Morgan fingerprint density at radius 1 is 1.00 bits per heavy atom. The second kappa shape index (κ2) is 6.44. The summed E-state index contributed by atoms with van der Waals surface area (Å²) in [5, 5.41) is 7.55. The van der Waals surface area contributed by atoms with Crippen molar-refractivity contribution in [3.05, 3.63) is 72.6 Å². The topological polar surface area (TPSA) is 59.3 Å². The molecule has 0 aliphatic carbocycles. The smallest absolute Gasteiger partial charge is 0.221 e. The van der Waals surface area contributed by atoms with Crippen molar-refractivity contribution >= 4 is 17.1 Å². The molecule has 0 bridgehead atoms. The van der Waals surface area contributed by atoms with Gasteiger partial charge in [0.05, 0.1) is 11.2 Å². The zero-order valence-corrected chi connectivity index (χ0v) is 14.6. The van der Waals surface area contributed by atoms with Crippen LogP contribution in [0.25, 0.3) is 28.0 Å². The lowest BCUT2D eigenvalue weighted by Crippen LogP contribution is -2.05. The minimum Gasteiger partial charge on any atom is -0.326 e. The first kappa shape index (κ1) is 16.0. The van der Waals surface area contributed by atoms with Gasteiger partial charge < -0.3 is 5.32 Å². The van der Waals surface area contributed by atoms with Crippen LogP contribution in [0, 0.1) is 6.92 Å². The molecule has 128 valence electrons. The maximum Gasteiger partial charge on any atom is 0.221 e. The minimum absolute atomic E-state index is 0.0848. The van der Waals surface area contributed by atoms with Crippen molar-refractivity contribution in [2.24, 2.45) is 0 Å². The molecule has 0 unspecified atom stereocenters. The molecule has 1 N–H and O–H groups in total. The average Bonchev–Trinajstić information content (AvgIpc) is 3.01. The van der Waals surface area contributed by atoms with Gasteiger partial charge >= 0.3 is 0 Å². The molecule has 5 heteroatoms. The van der Waals surface area contributed by atoms with E-state index >= 15 is 0 Å². The van der Waals surface area contributed by atoms with E-state index in [1.165, 1.54) is 6.92 Å². The number of pyridine rings is 2. The van der Waals surface area contributed by atoms with Crippen LogP contribution in [0.2, 0.25) is 0 Å². The van der Waals surface area contributed by atoms with Gasteiger partial charge in [-0.3, -0.25) is 9.78 Å². The highest BCUT2D eigenvalue weighted by atomic mass is 16.1. The number of aryl methyl sites for hydroxylation is 1. The Morgan fingerprint density at radius 2 is 1.81 bits per heavy atom. The molecule has 4 aromatic rings. The van der Waals surface area contributed by atoms with Gasteiger partial charge in [-0.15, -0.1) is 0 Å². The summed E-state index contributed by atoms with van der Waals surface area (Å²) in [5.41, 5.74) is 6.47. The molecule has 0 fully saturated rings. The summed E-state index contributed by atoms with van der Waals surface area (Å²) in [7, 11) is 0. The molecule has 0 atom stereocenters. The van der Waals surface area contributed by atoms with Crippen molar-refractivity contribution in [2.75, 3.05) is 5.32 Å². The molecule has 1 amide bonds. The lowest BCUT2D eigenvalue weighted by atomic mass is 10.0. The van der Waals surface area contributed by atoms with E-state index in [-0.39, 0.29) is 5.91 Å². The van der Waals surface area contributed by atoms with Crippen LogP contribution in [0.15, 0.2) is 66.9 Å². The third-order valence-electron chi connectivity index (χ3n) is 4.16. The Balaban J connectivity index is 1.90. The second-order valence-corrected chi connectivity index (χ2v) is 6.18. The molecule has 0 aliphatic heterocycles. The van der Waals surface area contributed by atoms with Gasteiger partial charge in [0, 0.05) is 30.1 Å². The maximum absolute atomic E-state index is 11.2. The van der Waals surface area contributed by atoms with E-state index in [0.717, 1.165) is 39.4 Å². The van der Waals surface area contributed by atoms with Crippen molar-refractivity contribution in [2.45, 2.75) is 13.8 Å². The van der Waals surface area contributed by atoms with Crippen molar-refractivity contribution < 1.29 is 4.79 Å². The quantitative estimate of drug-likeness (QED) is 0.603. The molecule has 0 radical (unpaired) electrons. The summed E-state index contributed by atoms with van der Waals surface area (Å²) in [4.78, 5) is 15.9. The molecule has 5 nitrogen and oxygen atoms in total. The van der Waals surface area contributed by atoms with E-state index < -0.39 is 0 Å². The van der Waals surface area contributed by atoms with Crippen LogP contribution in [0.1, 0.15) is 12.6 Å². The highest BCUT2D eigenvalue weighted by Gasteiger charge is 2.17. The largest absolute Gasteiger partial charge is 0.326 e. The second-order valence-electron chi connectivity index (χ2n) is 6.18. The van der Waals surface area contributed by atoms with E-state index in [1.54, 1.807) is 0 Å². The lowest BCUT2D eigenvalue weighted by molar-refractivity contribution is -0.114. The van der Waals surface area contributed by atoms with Gasteiger partial charge in [-0.25, -0.2) is 4.52 Å². The van der Waals surface area contributed by atoms with E-state index in [1.807, 2.05) is 78.3 Å². The van der Waals surface area contributed by atoms with E-state index in [9.17, 15) is 4.79 Å². The highest BCUT2D eigenvalue weighted by Crippen LogP contribution is 2.34. The fourth-order valence-electron chi connectivity index (χ4n) is 3.06. The van der Waals surface area contributed by atoms with E-state index in [2.05, 4.69) is 10.3 Å². The summed E-state index contributed by atoms with van der Waals surface area (Å²) < 4.78 is 1.87. The lowest BCUT2D eigenvalue weighted by Gasteiger charge is -2.06. The number of rotatable bonds is 3. The zero-order chi connectivity index (χ0) is 18.1.